The van der Waals surface area contributed by atoms with Crippen LogP contribution in [0.25, 0.3) is 0 Å². The van der Waals surface area contributed by atoms with Crippen LogP contribution in [-0.2, 0) is 4.74 Å². The second-order valence-electron chi connectivity index (χ2n) is 3.78. The third kappa shape index (κ3) is 8.14. The van der Waals surface area contributed by atoms with Gasteiger partial charge in [-0.2, -0.15) is 5.26 Å². The maximum absolute atomic E-state index is 8.42. The summed E-state index contributed by atoms with van der Waals surface area (Å²) in [6.07, 6.45) is 7.62. The topological polar surface area (TPSA) is 33.0 Å². The van der Waals surface area contributed by atoms with Gasteiger partial charge in [0.1, 0.15) is 0 Å². The number of hydrogen-bond donors (Lipinski definition) is 0. The average molecular weight is 203 g/mol. The molecule has 0 amide bonds. The first-order valence-electron chi connectivity index (χ1n) is 4.67. The van der Waals surface area contributed by atoms with Crippen LogP contribution in [-0.4, -0.2) is 37.7 Å². The molecular weight excluding hydrogens is 182 g/mol. The zero-order chi connectivity index (χ0) is 10.2. The van der Waals surface area contributed by atoms with Crippen molar-refractivity contribution < 1.29 is 4.74 Å². The van der Waals surface area contributed by atoms with Crippen molar-refractivity contribution in [2.24, 2.45) is 0 Å². The van der Waals surface area contributed by atoms with Crippen LogP contribution < -0.4 is 0 Å². The predicted molar refractivity (Wildman–Crippen MR) is 60.5 cm³/mol. The Hall–Kier alpha value is -0.200. The van der Waals surface area contributed by atoms with Gasteiger partial charge in [0, 0.05) is 20.1 Å². The molecule has 0 N–H and O–H groups in total. The lowest BCUT2D eigenvalue weighted by atomic mass is 10.4. The number of nitriles is 1. The Bertz CT molecular complexity index is 163. The van der Waals surface area contributed by atoms with Crippen molar-refractivity contribution in [3.63, 3.8) is 0 Å². The van der Waals surface area contributed by atoms with Crippen molar-refractivity contribution in [2.75, 3.05) is 37.7 Å². The Labute approximate surface area is 83.6 Å². The lowest BCUT2D eigenvalue weighted by molar-refractivity contribution is 0.200. The molecule has 0 rings (SSSR count). The maximum atomic E-state index is 8.42. The highest BCUT2D eigenvalue weighted by molar-refractivity contribution is 8.32. The number of methoxy groups -OCH3 is 1. The van der Waals surface area contributed by atoms with Crippen molar-refractivity contribution in [1.82, 2.24) is 0 Å². The van der Waals surface area contributed by atoms with Crippen LogP contribution >= 0.6 is 10.0 Å². The monoisotopic (exact) mass is 203 g/mol. The summed E-state index contributed by atoms with van der Waals surface area (Å²) in [6.45, 7) is 0.870. The van der Waals surface area contributed by atoms with Gasteiger partial charge >= 0.3 is 0 Å². The Balaban J connectivity index is 3.49. The number of unbranched alkanes of at least 4 members (excludes halogenated alkanes) is 1. The lowest BCUT2D eigenvalue weighted by Crippen LogP contribution is -2.08. The Morgan fingerprint density at radius 3 is 2.38 bits per heavy atom. The first-order chi connectivity index (χ1) is 6.12. The molecule has 0 aromatic carbocycles. The third-order valence-corrected chi connectivity index (χ3v) is 4.82. The lowest BCUT2D eigenvalue weighted by Gasteiger charge is -2.30. The van der Waals surface area contributed by atoms with Gasteiger partial charge in [-0.3, -0.25) is 0 Å². The summed E-state index contributed by atoms with van der Waals surface area (Å²) >= 11 is 0. The van der Waals surface area contributed by atoms with E-state index in [1.165, 1.54) is 11.5 Å². The van der Waals surface area contributed by atoms with Crippen LogP contribution in [0.2, 0.25) is 0 Å². The summed E-state index contributed by atoms with van der Waals surface area (Å²) in [5.41, 5.74) is 0. The highest BCUT2D eigenvalue weighted by Gasteiger charge is 2.10. The zero-order valence-electron chi connectivity index (χ0n) is 9.01. The zero-order valence-corrected chi connectivity index (χ0v) is 9.82. The van der Waals surface area contributed by atoms with E-state index in [2.05, 4.69) is 18.6 Å². The van der Waals surface area contributed by atoms with Gasteiger partial charge in [0.05, 0.1) is 6.07 Å². The molecule has 0 bridgehead atoms. The molecule has 13 heavy (non-hydrogen) atoms. The fraction of sp³-hybridized carbons (Fsp3) is 0.900. The minimum atomic E-state index is -0.457. The van der Waals surface area contributed by atoms with Gasteiger partial charge < -0.3 is 4.74 Å². The predicted octanol–water partition coefficient (Wildman–Crippen LogP) is 2.39. The van der Waals surface area contributed by atoms with Gasteiger partial charge in [-0.25, -0.2) is 10.0 Å². The van der Waals surface area contributed by atoms with Crippen LogP contribution in [0.15, 0.2) is 0 Å². The molecule has 0 radical (unpaired) electrons. The minimum Gasteiger partial charge on any atom is -0.385 e. The number of ether oxygens (including phenoxy) is 1. The normalized spacial score (nSPS) is 12.5. The van der Waals surface area contributed by atoms with E-state index in [1.54, 1.807) is 7.11 Å². The van der Waals surface area contributed by atoms with Crippen molar-refractivity contribution in [3.05, 3.63) is 0 Å². The maximum Gasteiger partial charge on any atom is 0.0622 e. The Morgan fingerprint density at radius 1 is 1.23 bits per heavy atom. The van der Waals surface area contributed by atoms with E-state index in [0.29, 0.717) is 6.42 Å². The molecule has 0 spiro atoms. The molecule has 0 aliphatic heterocycles. The summed E-state index contributed by atoms with van der Waals surface area (Å²) in [5.74, 6) is 2.50. The molecule has 0 saturated heterocycles. The Kier molecular flexibility index (Phi) is 7.12. The molecule has 78 valence electrons. The van der Waals surface area contributed by atoms with Gasteiger partial charge in [-0.05, 0) is 36.9 Å². The molecule has 0 heterocycles. The molecular formula is C10H21NOS. The van der Waals surface area contributed by atoms with E-state index in [4.69, 9.17) is 10.00 Å². The van der Waals surface area contributed by atoms with Gasteiger partial charge in [-0.15, -0.1) is 0 Å². The molecule has 0 aromatic heterocycles. The first kappa shape index (κ1) is 12.8. The molecule has 2 nitrogen and oxygen atoms in total. The highest BCUT2D eigenvalue weighted by Crippen LogP contribution is 2.40. The third-order valence-electron chi connectivity index (χ3n) is 2.03. The standard InChI is InChI=1S/C10H21NOS/c1-12-8-6-10-13(2,3)9-5-4-7-11/h4-6,8-10H2,1-3H3. The largest absolute Gasteiger partial charge is 0.385 e. The minimum absolute atomic E-state index is 0.457. The molecule has 0 aromatic rings. The smallest absolute Gasteiger partial charge is 0.0622 e. The summed E-state index contributed by atoms with van der Waals surface area (Å²) in [5, 5.41) is 8.42. The summed E-state index contributed by atoms with van der Waals surface area (Å²) in [7, 11) is 1.29. The highest BCUT2D eigenvalue weighted by atomic mass is 32.3. The van der Waals surface area contributed by atoms with E-state index in [0.717, 1.165) is 19.4 Å². The number of nitrogens with zero attached hydrogens (tertiary/aromatic N) is 1. The van der Waals surface area contributed by atoms with E-state index in [1.807, 2.05) is 0 Å². The number of hydrogen-bond acceptors (Lipinski definition) is 2. The quantitative estimate of drug-likeness (QED) is 0.595. The second-order valence-corrected chi connectivity index (χ2v) is 8.13. The van der Waals surface area contributed by atoms with Gasteiger partial charge in [0.15, 0.2) is 0 Å². The van der Waals surface area contributed by atoms with E-state index in [9.17, 15) is 0 Å². The fourth-order valence-electron chi connectivity index (χ4n) is 1.24. The molecule has 0 unspecified atom stereocenters. The molecule has 0 saturated carbocycles. The second kappa shape index (κ2) is 7.23. The van der Waals surface area contributed by atoms with Crippen molar-refractivity contribution >= 4 is 10.0 Å². The van der Waals surface area contributed by atoms with Crippen molar-refractivity contribution in [2.45, 2.75) is 19.3 Å². The van der Waals surface area contributed by atoms with Crippen LogP contribution in [0.3, 0.4) is 0 Å². The van der Waals surface area contributed by atoms with Crippen molar-refractivity contribution in [1.29, 1.82) is 5.26 Å². The van der Waals surface area contributed by atoms with E-state index < -0.39 is 10.0 Å². The van der Waals surface area contributed by atoms with Crippen LogP contribution in [0.5, 0.6) is 0 Å². The summed E-state index contributed by atoms with van der Waals surface area (Å²) in [4.78, 5) is 0. The first-order valence-corrected chi connectivity index (χ1v) is 7.46. The van der Waals surface area contributed by atoms with Crippen LogP contribution in [0.4, 0.5) is 0 Å². The summed E-state index contributed by atoms with van der Waals surface area (Å²) in [6, 6.07) is 2.20. The van der Waals surface area contributed by atoms with Gasteiger partial charge in [0.2, 0.25) is 0 Å². The molecule has 3 heteroatoms. The fourth-order valence-corrected chi connectivity index (χ4v) is 3.27. The molecule has 0 aliphatic carbocycles. The van der Waals surface area contributed by atoms with Crippen LogP contribution in [0.1, 0.15) is 19.3 Å². The van der Waals surface area contributed by atoms with E-state index in [-0.39, 0.29) is 0 Å². The molecule has 0 atom stereocenters. The SMILES string of the molecule is COCCCS(C)(C)CCCC#N. The molecule has 0 fully saturated rings. The summed E-state index contributed by atoms with van der Waals surface area (Å²) < 4.78 is 5.02. The average Bonchev–Trinajstić information content (AvgIpc) is 2.05. The number of rotatable bonds is 7. The Morgan fingerprint density at radius 2 is 1.85 bits per heavy atom. The van der Waals surface area contributed by atoms with E-state index >= 15 is 0 Å². The van der Waals surface area contributed by atoms with Gasteiger partial charge in [0.25, 0.3) is 0 Å². The van der Waals surface area contributed by atoms with Crippen molar-refractivity contribution in [3.8, 4) is 6.07 Å². The van der Waals surface area contributed by atoms with Gasteiger partial charge in [-0.1, -0.05) is 0 Å². The van der Waals surface area contributed by atoms with Crippen LogP contribution in [0, 0.1) is 11.3 Å². The molecule has 0 aliphatic rings.